The summed E-state index contributed by atoms with van der Waals surface area (Å²) in [5.41, 5.74) is 6.80. The normalized spacial score (nSPS) is 17.3. The lowest BCUT2D eigenvalue weighted by Crippen LogP contribution is -2.40. The Morgan fingerprint density at radius 2 is 2.05 bits per heavy atom. The molecule has 1 aromatic carbocycles. The molecule has 21 heavy (non-hydrogen) atoms. The third-order valence-corrected chi connectivity index (χ3v) is 5.46. The zero-order valence-electron chi connectivity index (χ0n) is 12.0. The minimum atomic E-state index is -3.58. The highest BCUT2D eigenvalue weighted by atomic mass is 32.2. The van der Waals surface area contributed by atoms with Gasteiger partial charge in [-0.2, -0.15) is 4.31 Å². The minimum Gasteiger partial charge on any atom is -0.393 e. The lowest BCUT2D eigenvalue weighted by molar-refractivity contribution is 0.113. The van der Waals surface area contributed by atoms with E-state index in [4.69, 9.17) is 5.73 Å². The van der Waals surface area contributed by atoms with Crippen molar-refractivity contribution in [2.75, 3.05) is 19.6 Å². The first kappa shape index (κ1) is 16.0. The number of sulfonamides is 1. The standard InChI is InChI=1S/C15H20N2O3S/c1-12-4-5-15(13(11-12)3-2-8-16)21(19,20)17-9-6-14(18)7-10-17/h4-5,11,14,18H,6-10,16H2,1H3. The van der Waals surface area contributed by atoms with Crippen molar-refractivity contribution in [1.82, 2.24) is 4.31 Å². The first-order chi connectivity index (χ1) is 9.95. The van der Waals surface area contributed by atoms with Gasteiger partial charge in [0.1, 0.15) is 0 Å². The number of nitrogens with zero attached hydrogens (tertiary/aromatic N) is 1. The number of benzene rings is 1. The maximum Gasteiger partial charge on any atom is 0.244 e. The molecule has 0 unspecified atom stereocenters. The molecule has 114 valence electrons. The van der Waals surface area contributed by atoms with Gasteiger partial charge in [-0.25, -0.2) is 8.42 Å². The molecule has 1 aliphatic rings. The quantitative estimate of drug-likeness (QED) is 0.777. The van der Waals surface area contributed by atoms with Gasteiger partial charge in [-0.1, -0.05) is 17.9 Å². The van der Waals surface area contributed by atoms with Crippen LogP contribution in [0.1, 0.15) is 24.0 Å². The summed E-state index contributed by atoms with van der Waals surface area (Å²) < 4.78 is 26.9. The van der Waals surface area contributed by atoms with Crippen molar-refractivity contribution in [2.24, 2.45) is 5.73 Å². The maximum absolute atomic E-state index is 12.7. The number of nitrogens with two attached hydrogens (primary N) is 1. The molecule has 1 fully saturated rings. The summed E-state index contributed by atoms with van der Waals surface area (Å²) in [6.45, 7) is 2.74. The van der Waals surface area contributed by atoms with Gasteiger partial charge in [0.15, 0.2) is 0 Å². The lowest BCUT2D eigenvalue weighted by Gasteiger charge is -2.29. The van der Waals surface area contributed by atoms with Crippen LogP contribution in [0.15, 0.2) is 23.1 Å². The Balaban J connectivity index is 2.40. The van der Waals surface area contributed by atoms with E-state index in [2.05, 4.69) is 11.8 Å². The van der Waals surface area contributed by atoms with Crippen molar-refractivity contribution in [2.45, 2.75) is 30.8 Å². The monoisotopic (exact) mass is 308 g/mol. The molecule has 0 aromatic heterocycles. The van der Waals surface area contributed by atoms with Crippen LogP contribution in [0, 0.1) is 18.8 Å². The van der Waals surface area contributed by atoms with Gasteiger partial charge in [0.05, 0.1) is 17.5 Å². The van der Waals surface area contributed by atoms with Gasteiger partial charge in [0.25, 0.3) is 0 Å². The van der Waals surface area contributed by atoms with Gasteiger partial charge >= 0.3 is 0 Å². The smallest absolute Gasteiger partial charge is 0.244 e. The number of aliphatic hydroxyl groups is 1. The molecule has 0 bridgehead atoms. The van der Waals surface area contributed by atoms with Crippen LogP contribution < -0.4 is 5.73 Å². The van der Waals surface area contributed by atoms with Crippen LogP contribution in [-0.4, -0.2) is 43.6 Å². The van der Waals surface area contributed by atoms with Crippen LogP contribution in [0.25, 0.3) is 0 Å². The average Bonchev–Trinajstić information content (AvgIpc) is 2.45. The molecule has 0 spiro atoms. The lowest BCUT2D eigenvalue weighted by atomic mass is 10.1. The molecule has 0 aliphatic carbocycles. The van der Waals surface area contributed by atoms with Gasteiger partial charge in [-0.05, 0) is 37.5 Å². The largest absolute Gasteiger partial charge is 0.393 e. The number of hydrogen-bond acceptors (Lipinski definition) is 4. The Hall–Kier alpha value is -1.39. The van der Waals surface area contributed by atoms with Crippen LogP contribution >= 0.6 is 0 Å². The number of piperidine rings is 1. The second kappa shape index (κ2) is 6.58. The van der Waals surface area contributed by atoms with Crippen molar-refractivity contribution in [1.29, 1.82) is 0 Å². The molecular weight excluding hydrogens is 288 g/mol. The number of aliphatic hydroxyl groups excluding tert-OH is 1. The van der Waals surface area contributed by atoms with Crippen LogP contribution in [0.2, 0.25) is 0 Å². The topological polar surface area (TPSA) is 83.6 Å². The highest BCUT2D eigenvalue weighted by Crippen LogP contribution is 2.24. The summed E-state index contributed by atoms with van der Waals surface area (Å²) in [5, 5.41) is 9.51. The molecular formula is C15H20N2O3S. The molecule has 5 nitrogen and oxygen atoms in total. The van der Waals surface area contributed by atoms with E-state index in [1.54, 1.807) is 18.2 Å². The summed E-state index contributed by atoms with van der Waals surface area (Å²) in [7, 11) is -3.58. The predicted molar refractivity (Wildman–Crippen MR) is 81.1 cm³/mol. The highest BCUT2D eigenvalue weighted by molar-refractivity contribution is 7.89. The van der Waals surface area contributed by atoms with Gasteiger partial charge in [-0.15, -0.1) is 0 Å². The molecule has 1 saturated heterocycles. The number of aryl methyl sites for hydroxylation is 1. The van der Waals surface area contributed by atoms with E-state index < -0.39 is 16.1 Å². The van der Waals surface area contributed by atoms with E-state index >= 15 is 0 Å². The van der Waals surface area contributed by atoms with Gasteiger partial charge in [0.2, 0.25) is 10.0 Å². The van der Waals surface area contributed by atoms with E-state index in [0.29, 0.717) is 31.5 Å². The fourth-order valence-corrected chi connectivity index (χ4v) is 3.93. The van der Waals surface area contributed by atoms with Crippen molar-refractivity contribution in [3.8, 4) is 11.8 Å². The van der Waals surface area contributed by atoms with Crippen LogP contribution in [-0.2, 0) is 10.0 Å². The second-order valence-corrected chi connectivity index (χ2v) is 7.05. The summed E-state index contributed by atoms with van der Waals surface area (Å²) in [5.74, 6) is 5.55. The summed E-state index contributed by atoms with van der Waals surface area (Å²) >= 11 is 0. The Morgan fingerprint density at radius 1 is 1.38 bits per heavy atom. The average molecular weight is 308 g/mol. The van der Waals surface area contributed by atoms with E-state index in [9.17, 15) is 13.5 Å². The Morgan fingerprint density at radius 3 is 2.67 bits per heavy atom. The van der Waals surface area contributed by atoms with Gasteiger partial charge < -0.3 is 10.8 Å². The second-order valence-electron chi connectivity index (χ2n) is 5.14. The third-order valence-electron chi connectivity index (χ3n) is 3.50. The molecule has 0 amide bonds. The molecule has 0 atom stereocenters. The summed E-state index contributed by atoms with van der Waals surface area (Å²) in [6, 6.07) is 5.11. The van der Waals surface area contributed by atoms with Gasteiger partial charge in [0, 0.05) is 18.7 Å². The molecule has 2 rings (SSSR count). The maximum atomic E-state index is 12.7. The minimum absolute atomic E-state index is 0.184. The Kier molecular flexibility index (Phi) is 5.01. The molecule has 6 heteroatoms. The highest BCUT2D eigenvalue weighted by Gasteiger charge is 2.30. The van der Waals surface area contributed by atoms with Crippen molar-refractivity contribution >= 4 is 10.0 Å². The van der Waals surface area contributed by atoms with Crippen LogP contribution in [0.4, 0.5) is 0 Å². The summed E-state index contributed by atoms with van der Waals surface area (Å²) in [6.07, 6.45) is 0.523. The van der Waals surface area contributed by atoms with Crippen molar-refractivity contribution in [3.63, 3.8) is 0 Å². The van der Waals surface area contributed by atoms with E-state index in [-0.39, 0.29) is 11.4 Å². The SMILES string of the molecule is Cc1ccc(S(=O)(=O)N2CCC(O)CC2)c(C#CCN)c1. The molecule has 0 saturated carbocycles. The summed E-state index contributed by atoms with van der Waals surface area (Å²) in [4.78, 5) is 0.213. The van der Waals surface area contributed by atoms with E-state index in [1.807, 2.05) is 6.92 Å². The molecule has 1 aliphatic heterocycles. The first-order valence-electron chi connectivity index (χ1n) is 6.93. The Labute approximate surface area is 125 Å². The number of rotatable bonds is 2. The number of hydrogen-bond donors (Lipinski definition) is 2. The van der Waals surface area contributed by atoms with E-state index in [0.717, 1.165) is 5.56 Å². The zero-order valence-corrected chi connectivity index (χ0v) is 12.9. The first-order valence-corrected chi connectivity index (χ1v) is 8.37. The fourth-order valence-electron chi connectivity index (χ4n) is 2.33. The molecule has 3 N–H and O–H groups in total. The third kappa shape index (κ3) is 3.63. The van der Waals surface area contributed by atoms with Crippen molar-refractivity contribution in [3.05, 3.63) is 29.3 Å². The van der Waals surface area contributed by atoms with Gasteiger partial charge in [-0.3, -0.25) is 0 Å². The van der Waals surface area contributed by atoms with Crippen LogP contribution in [0.5, 0.6) is 0 Å². The molecule has 1 aromatic rings. The zero-order chi connectivity index (χ0) is 15.5. The van der Waals surface area contributed by atoms with E-state index in [1.165, 1.54) is 4.31 Å². The predicted octanol–water partition coefficient (Wildman–Crippen LogP) is 0.451. The molecule has 0 radical (unpaired) electrons. The van der Waals surface area contributed by atoms with Crippen molar-refractivity contribution < 1.29 is 13.5 Å². The molecule has 1 heterocycles. The van der Waals surface area contributed by atoms with Crippen LogP contribution in [0.3, 0.4) is 0 Å². The Bertz CT molecular complexity index is 666. The fraction of sp³-hybridized carbons (Fsp3) is 0.467.